The van der Waals surface area contributed by atoms with Gasteiger partial charge in [-0.1, -0.05) is 6.07 Å². The summed E-state index contributed by atoms with van der Waals surface area (Å²) in [5, 5.41) is 9.39. The third-order valence-electron chi connectivity index (χ3n) is 3.07. The highest BCUT2D eigenvalue weighted by molar-refractivity contribution is 7.80. The van der Waals surface area contributed by atoms with Crippen molar-refractivity contribution in [2.45, 2.75) is 13.8 Å². The Bertz CT molecular complexity index is 714. The van der Waals surface area contributed by atoms with Gasteiger partial charge in [-0.05, 0) is 61.1 Å². The zero-order chi connectivity index (χ0) is 16.8. The molecule has 0 spiro atoms. The van der Waals surface area contributed by atoms with Gasteiger partial charge < -0.3 is 20.7 Å². The average Bonchev–Trinajstić information content (AvgIpc) is 2.49. The third kappa shape index (κ3) is 4.96. The number of anilines is 3. The van der Waals surface area contributed by atoms with E-state index in [1.807, 2.05) is 37.3 Å². The first-order valence-corrected chi connectivity index (χ1v) is 7.49. The zero-order valence-electron chi connectivity index (χ0n) is 13.3. The first-order chi connectivity index (χ1) is 11.0. The molecule has 0 heterocycles. The third-order valence-corrected chi connectivity index (χ3v) is 3.27. The molecule has 0 saturated heterocycles. The summed E-state index contributed by atoms with van der Waals surface area (Å²) in [6.45, 7) is 3.47. The molecule has 0 unspecified atom stereocenters. The summed E-state index contributed by atoms with van der Waals surface area (Å²) < 4.78 is 5.31. The monoisotopic (exact) mass is 329 g/mol. The van der Waals surface area contributed by atoms with E-state index in [9.17, 15) is 4.79 Å². The average molecular weight is 329 g/mol. The number of carbonyl (C=O) groups excluding carboxylic acids is 1. The van der Waals surface area contributed by atoms with Crippen LogP contribution < -0.4 is 20.7 Å². The number of hydrogen-bond acceptors (Lipinski definition) is 3. The Balaban J connectivity index is 2.02. The van der Waals surface area contributed by atoms with Crippen molar-refractivity contribution in [1.82, 2.24) is 0 Å². The standard InChI is InChI=1S/C17H19N3O2S/c1-11-4-9-16(22-3)15(10-11)20-17(23)19-14-7-5-13(6-8-14)18-12(2)21/h4-10H,1-3H3,(H,18,21)(H2,19,20,23). The maximum Gasteiger partial charge on any atom is 0.221 e. The topological polar surface area (TPSA) is 62.4 Å². The van der Waals surface area contributed by atoms with Gasteiger partial charge in [0.15, 0.2) is 5.11 Å². The summed E-state index contributed by atoms with van der Waals surface area (Å²) in [7, 11) is 1.62. The minimum atomic E-state index is -0.102. The number of ether oxygens (including phenoxy) is 1. The van der Waals surface area contributed by atoms with E-state index < -0.39 is 0 Å². The molecule has 0 bridgehead atoms. The minimum absolute atomic E-state index is 0.102. The molecule has 0 aromatic heterocycles. The lowest BCUT2D eigenvalue weighted by Gasteiger charge is -2.14. The van der Waals surface area contributed by atoms with Crippen LogP contribution in [0.3, 0.4) is 0 Å². The van der Waals surface area contributed by atoms with Gasteiger partial charge in [-0.25, -0.2) is 0 Å². The Kier molecular flexibility index (Phi) is 5.54. The van der Waals surface area contributed by atoms with E-state index in [2.05, 4.69) is 16.0 Å². The molecule has 0 aliphatic rings. The number of thiocarbonyl (C=S) groups is 1. The van der Waals surface area contributed by atoms with Crippen molar-refractivity contribution in [1.29, 1.82) is 0 Å². The zero-order valence-corrected chi connectivity index (χ0v) is 14.1. The SMILES string of the molecule is COc1ccc(C)cc1NC(=S)Nc1ccc(NC(C)=O)cc1. The second-order valence-corrected chi connectivity index (χ2v) is 5.45. The largest absolute Gasteiger partial charge is 0.495 e. The number of rotatable bonds is 4. The molecule has 2 aromatic carbocycles. The van der Waals surface area contributed by atoms with Gasteiger partial charge in [0.05, 0.1) is 12.8 Å². The number of methoxy groups -OCH3 is 1. The highest BCUT2D eigenvalue weighted by Gasteiger charge is 2.06. The van der Waals surface area contributed by atoms with Crippen LogP contribution in [-0.4, -0.2) is 18.1 Å². The van der Waals surface area contributed by atoms with Crippen molar-refractivity contribution in [3.63, 3.8) is 0 Å². The molecule has 0 atom stereocenters. The Labute approximate surface area is 141 Å². The summed E-state index contributed by atoms with van der Waals surface area (Å²) >= 11 is 5.32. The van der Waals surface area contributed by atoms with Crippen LogP contribution >= 0.6 is 12.2 Å². The molecule has 23 heavy (non-hydrogen) atoms. The molecule has 120 valence electrons. The number of hydrogen-bond donors (Lipinski definition) is 3. The van der Waals surface area contributed by atoms with Crippen LogP contribution in [-0.2, 0) is 4.79 Å². The minimum Gasteiger partial charge on any atom is -0.495 e. The second-order valence-electron chi connectivity index (χ2n) is 5.04. The molecule has 1 amide bonds. The lowest BCUT2D eigenvalue weighted by atomic mass is 10.2. The summed E-state index contributed by atoms with van der Waals surface area (Å²) in [4.78, 5) is 11.0. The molecular formula is C17H19N3O2S. The quantitative estimate of drug-likeness (QED) is 0.745. The van der Waals surface area contributed by atoms with Gasteiger partial charge in [-0.2, -0.15) is 0 Å². The van der Waals surface area contributed by atoms with Crippen LogP contribution in [0.15, 0.2) is 42.5 Å². The molecule has 0 radical (unpaired) electrons. The normalized spacial score (nSPS) is 9.87. The maximum absolute atomic E-state index is 11.0. The van der Waals surface area contributed by atoms with Crippen molar-refractivity contribution in [3.8, 4) is 5.75 Å². The fraction of sp³-hybridized carbons (Fsp3) is 0.176. The number of aryl methyl sites for hydroxylation is 1. The Morgan fingerprint density at radius 1 is 1.00 bits per heavy atom. The Morgan fingerprint density at radius 2 is 1.61 bits per heavy atom. The molecule has 2 rings (SSSR count). The predicted molar refractivity (Wildman–Crippen MR) is 98.3 cm³/mol. The fourth-order valence-electron chi connectivity index (χ4n) is 2.04. The summed E-state index contributed by atoms with van der Waals surface area (Å²) in [5.41, 5.74) is 3.47. The predicted octanol–water partition coefficient (Wildman–Crippen LogP) is 3.77. The van der Waals surface area contributed by atoms with Crippen LogP contribution in [0.25, 0.3) is 0 Å². The van der Waals surface area contributed by atoms with Gasteiger partial charge in [-0.15, -0.1) is 0 Å². The van der Waals surface area contributed by atoms with E-state index >= 15 is 0 Å². The van der Waals surface area contributed by atoms with Crippen LogP contribution in [0, 0.1) is 6.92 Å². The molecule has 0 saturated carbocycles. The smallest absolute Gasteiger partial charge is 0.221 e. The van der Waals surface area contributed by atoms with Crippen LogP contribution in [0.2, 0.25) is 0 Å². The van der Waals surface area contributed by atoms with E-state index in [4.69, 9.17) is 17.0 Å². The van der Waals surface area contributed by atoms with Gasteiger partial charge >= 0.3 is 0 Å². The lowest BCUT2D eigenvalue weighted by Crippen LogP contribution is -2.19. The van der Waals surface area contributed by atoms with Crippen molar-refractivity contribution >= 4 is 40.3 Å². The van der Waals surface area contributed by atoms with Gasteiger partial charge in [0.25, 0.3) is 0 Å². The molecule has 3 N–H and O–H groups in total. The van der Waals surface area contributed by atoms with Crippen molar-refractivity contribution in [2.24, 2.45) is 0 Å². The number of benzene rings is 2. The molecule has 2 aromatic rings. The first-order valence-electron chi connectivity index (χ1n) is 7.08. The molecule has 0 aliphatic heterocycles. The molecular weight excluding hydrogens is 310 g/mol. The van der Waals surface area contributed by atoms with E-state index in [1.165, 1.54) is 6.92 Å². The highest BCUT2D eigenvalue weighted by Crippen LogP contribution is 2.25. The summed E-state index contributed by atoms with van der Waals surface area (Å²) in [5.74, 6) is 0.621. The summed E-state index contributed by atoms with van der Waals surface area (Å²) in [6.07, 6.45) is 0. The summed E-state index contributed by atoms with van der Waals surface area (Å²) in [6, 6.07) is 13.1. The molecule has 0 fully saturated rings. The first kappa shape index (κ1) is 16.8. The van der Waals surface area contributed by atoms with Gasteiger partial charge in [-0.3, -0.25) is 4.79 Å². The number of nitrogens with one attached hydrogen (secondary N) is 3. The highest BCUT2D eigenvalue weighted by atomic mass is 32.1. The Morgan fingerprint density at radius 3 is 2.17 bits per heavy atom. The van der Waals surface area contributed by atoms with Crippen LogP contribution in [0.1, 0.15) is 12.5 Å². The number of carbonyl (C=O) groups is 1. The van der Waals surface area contributed by atoms with Crippen molar-refractivity contribution in [2.75, 3.05) is 23.1 Å². The van der Waals surface area contributed by atoms with E-state index in [-0.39, 0.29) is 5.91 Å². The van der Waals surface area contributed by atoms with Gasteiger partial charge in [0.2, 0.25) is 5.91 Å². The van der Waals surface area contributed by atoms with Gasteiger partial charge in [0, 0.05) is 18.3 Å². The van der Waals surface area contributed by atoms with Crippen LogP contribution in [0.4, 0.5) is 17.1 Å². The van der Waals surface area contributed by atoms with Crippen molar-refractivity contribution < 1.29 is 9.53 Å². The van der Waals surface area contributed by atoms with E-state index in [0.29, 0.717) is 5.11 Å². The van der Waals surface area contributed by atoms with Crippen LogP contribution in [0.5, 0.6) is 5.75 Å². The molecule has 0 aliphatic carbocycles. The van der Waals surface area contributed by atoms with Crippen molar-refractivity contribution in [3.05, 3.63) is 48.0 Å². The second kappa shape index (κ2) is 7.60. The molecule has 6 heteroatoms. The lowest BCUT2D eigenvalue weighted by molar-refractivity contribution is -0.114. The maximum atomic E-state index is 11.0. The van der Waals surface area contributed by atoms with E-state index in [0.717, 1.165) is 28.4 Å². The number of amides is 1. The molecule has 5 nitrogen and oxygen atoms in total. The Hall–Kier alpha value is -2.60. The van der Waals surface area contributed by atoms with E-state index in [1.54, 1.807) is 19.2 Å². The fourth-order valence-corrected chi connectivity index (χ4v) is 2.27. The van der Waals surface area contributed by atoms with Gasteiger partial charge in [0.1, 0.15) is 5.75 Å².